The third-order valence-electron chi connectivity index (χ3n) is 2.89. The Bertz CT molecular complexity index is 338. The molecule has 0 bridgehead atoms. The SMILES string of the molecule is CCN1CC(CN)c2c(Br)cccc21. The van der Waals surface area contributed by atoms with Crippen LogP contribution in [0.2, 0.25) is 0 Å². The van der Waals surface area contributed by atoms with Crippen LogP contribution in [0.15, 0.2) is 22.7 Å². The molecule has 0 fully saturated rings. The highest BCUT2D eigenvalue weighted by Crippen LogP contribution is 2.39. The molecule has 2 N–H and O–H groups in total. The molecule has 14 heavy (non-hydrogen) atoms. The fraction of sp³-hybridized carbons (Fsp3) is 0.455. The second kappa shape index (κ2) is 3.91. The maximum absolute atomic E-state index is 5.79. The maximum Gasteiger partial charge on any atom is 0.0414 e. The molecule has 0 saturated carbocycles. The van der Waals surface area contributed by atoms with Crippen LogP contribution in [0.5, 0.6) is 0 Å². The van der Waals surface area contributed by atoms with Gasteiger partial charge in [0.1, 0.15) is 0 Å². The standard InChI is InChI=1S/C11H15BrN2/c1-2-14-7-8(6-13)11-9(12)4-3-5-10(11)14/h3-5,8H,2,6-7,13H2,1H3. The summed E-state index contributed by atoms with van der Waals surface area (Å²) in [4.78, 5) is 2.39. The summed E-state index contributed by atoms with van der Waals surface area (Å²) in [6.07, 6.45) is 0. The third-order valence-corrected chi connectivity index (χ3v) is 3.58. The molecule has 1 atom stereocenters. The van der Waals surface area contributed by atoms with Gasteiger partial charge in [-0.05, 0) is 24.6 Å². The van der Waals surface area contributed by atoms with Crippen LogP contribution in [0, 0.1) is 0 Å². The number of likely N-dealkylation sites (N-methyl/N-ethyl adjacent to an activating group) is 1. The van der Waals surface area contributed by atoms with Crippen molar-refractivity contribution in [3.05, 3.63) is 28.2 Å². The number of hydrogen-bond donors (Lipinski definition) is 1. The molecule has 1 aromatic rings. The Morgan fingerprint density at radius 2 is 2.36 bits per heavy atom. The van der Waals surface area contributed by atoms with Crippen LogP contribution >= 0.6 is 15.9 Å². The zero-order valence-electron chi connectivity index (χ0n) is 8.33. The molecule has 0 aromatic heterocycles. The first kappa shape index (κ1) is 9.99. The van der Waals surface area contributed by atoms with Crippen molar-refractivity contribution in [3.63, 3.8) is 0 Å². The summed E-state index contributed by atoms with van der Waals surface area (Å²) in [7, 11) is 0. The van der Waals surface area contributed by atoms with E-state index in [1.807, 2.05) is 0 Å². The van der Waals surface area contributed by atoms with Gasteiger partial charge < -0.3 is 10.6 Å². The van der Waals surface area contributed by atoms with E-state index in [9.17, 15) is 0 Å². The molecule has 0 radical (unpaired) electrons. The average molecular weight is 255 g/mol. The van der Waals surface area contributed by atoms with Gasteiger partial charge in [0.15, 0.2) is 0 Å². The summed E-state index contributed by atoms with van der Waals surface area (Å²) in [6, 6.07) is 6.37. The zero-order valence-corrected chi connectivity index (χ0v) is 9.92. The van der Waals surface area contributed by atoms with Gasteiger partial charge in [-0.1, -0.05) is 22.0 Å². The highest BCUT2D eigenvalue weighted by Gasteiger charge is 2.28. The van der Waals surface area contributed by atoms with E-state index in [0.29, 0.717) is 5.92 Å². The first-order valence-corrected chi connectivity index (χ1v) is 5.80. The molecule has 1 aliphatic heterocycles. The smallest absolute Gasteiger partial charge is 0.0414 e. The first-order valence-electron chi connectivity index (χ1n) is 5.01. The molecule has 0 saturated heterocycles. The molecule has 3 heteroatoms. The number of fused-ring (bicyclic) bond motifs is 1. The highest BCUT2D eigenvalue weighted by atomic mass is 79.9. The quantitative estimate of drug-likeness (QED) is 0.878. The van der Waals surface area contributed by atoms with Gasteiger partial charge in [-0.25, -0.2) is 0 Å². The Morgan fingerprint density at radius 3 is 3.00 bits per heavy atom. The lowest BCUT2D eigenvalue weighted by atomic mass is 10.0. The molecule has 0 spiro atoms. The number of benzene rings is 1. The van der Waals surface area contributed by atoms with Gasteiger partial charge in [0.05, 0.1) is 0 Å². The second-order valence-corrected chi connectivity index (χ2v) is 4.50. The molecule has 0 amide bonds. The lowest BCUT2D eigenvalue weighted by molar-refractivity contribution is 0.708. The van der Waals surface area contributed by atoms with Crippen molar-refractivity contribution < 1.29 is 0 Å². The molecule has 76 valence electrons. The lowest BCUT2D eigenvalue weighted by Crippen LogP contribution is -2.23. The predicted octanol–water partition coefficient (Wildman–Crippen LogP) is 2.33. The van der Waals surface area contributed by atoms with Crippen molar-refractivity contribution in [2.45, 2.75) is 12.8 Å². The Labute approximate surface area is 93.2 Å². The normalized spacial score (nSPS) is 19.9. The van der Waals surface area contributed by atoms with Gasteiger partial charge in [0.25, 0.3) is 0 Å². The van der Waals surface area contributed by atoms with Crippen molar-refractivity contribution in [2.75, 3.05) is 24.5 Å². The Kier molecular flexibility index (Phi) is 2.79. The summed E-state index contributed by atoms with van der Waals surface area (Å²) < 4.78 is 1.20. The van der Waals surface area contributed by atoms with E-state index in [-0.39, 0.29) is 0 Å². The van der Waals surface area contributed by atoms with Crippen LogP contribution in [-0.4, -0.2) is 19.6 Å². The number of halogens is 1. The van der Waals surface area contributed by atoms with Gasteiger partial charge in [-0.2, -0.15) is 0 Å². The van der Waals surface area contributed by atoms with Crippen LogP contribution in [0.1, 0.15) is 18.4 Å². The first-order chi connectivity index (χ1) is 6.77. The Morgan fingerprint density at radius 1 is 1.57 bits per heavy atom. The molecule has 1 heterocycles. The summed E-state index contributed by atoms with van der Waals surface area (Å²) in [6.45, 7) is 5.03. The summed E-state index contributed by atoms with van der Waals surface area (Å²) in [5.41, 5.74) is 8.52. The van der Waals surface area contributed by atoms with Crippen molar-refractivity contribution in [1.29, 1.82) is 0 Å². The van der Waals surface area contributed by atoms with Crippen molar-refractivity contribution >= 4 is 21.6 Å². The fourth-order valence-corrected chi connectivity index (χ4v) is 2.83. The molecule has 0 aliphatic carbocycles. The van der Waals surface area contributed by atoms with E-state index in [0.717, 1.165) is 19.6 Å². The van der Waals surface area contributed by atoms with Gasteiger partial charge in [-0.3, -0.25) is 0 Å². The van der Waals surface area contributed by atoms with Crippen molar-refractivity contribution in [3.8, 4) is 0 Å². The maximum atomic E-state index is 5.79. The molecule has 2 nitrogen and oxygen atoms in total. The molecule has 1 aliphatic rings. The monoisotopic (exact) mass is 254 g/mol. The van der Waals surface area contributed by atoms with E-state index < -0.39 is 0 Å². The minimum Gasteiger partial charge on any atom is -0.371 e. The Hall–Kier alpha value is -0.540. The van der Waals surface area contributed by atoms with Crippen LogP contribution in [0.25, 0.3) is 0 Å². The van der Waals surface area contributed by atoms with E-state index in [2.05, 4.69) is 46.0 Å². The predicted molar refractivity (Wildman–Crippen MR) is 63.8 cm³/mol. The Balaban J connectivity index is 2.47. The molecular formula is C11H15BrN2. The molecule has 2 rings (SSSR count). The van der Waals surface area contributed by atoms with Gasteiger partial charge in [0.2, 0.25) is 0 Å². The number of anilines is 1. The number of nitrogens with zero attached hydrogens (tertiary/aromatic N) is 1. The second-order valence-electron chi connectivity index (χ2n) is 3.64. The van der Waals surface area contributed by atoms with Crippen LogP contribution in [-0.2, 0) is 0 Å². The summed E-state index contributed by atoms with van der Waals surface area (Å²) >= 11 is 3.60. The van der Waals surface area contributed by atoms with E-state index in [1.54, 1.807) is 0 Å². The molecular weight excluding hydrogens is 240 g/mol. The van der Waals surface area contributed by atoms with Gasteiger partial charge in [0, 0.05) is 35.7 Å². The number of hydrogen-bond acceptors (Lipinski definition) is 2. The van der Waals surface area contributed by atoms with E-state index in [4.69, 9.17) is 5.73 Å². The largest absolute Gasteiger partial charge is 0.371 e. The van der Waals surface area contributed by atoms with Crippen molar-refractivity contribution in [1.82, 2.24) is 0 Å². The minimum absolute atomic E-state index is 0.487. The summed E-state index contributed by atoms with van der Waals surface area (Å²) in [5, 5.41) is 0. The fourth-order valence-electron chi connectivity index (χ4n) is 2.15. The number of rotatable bonds is 2. The van der Waals surface area contributed by atoms with Crippen LogP contribution < -0.4 is 10.6 Å². The van der Waals surface area contributed by atoms with E-state index in [1.165, 1.54) is 15.7 Å². The van der Waals surface area contributed by atoms with Crippen LogP contribution in [0.3, 0.4) is 0 Å². The third kappa shape index (κ3) is 1.44. The van der Waals surface area contributed by atoms with Gasteiger partial charge in [-0.15, -0.1) is 0 Å². The van der Waals surface area contributed by atoms with E-state index >= 15 is 0 Å². The number of nitrogens with two attached hydrogens (primary N) is 1. The van der Waals surface area contributed by atoms with Gasteiger partial charge >= 0.3 is 0 Å². The van der Waals surface area contributed by atoms with Crippen LogP contribution in [0.4, 0.5) is 5.69 Å². The molecule has 1 aromatic carbocycles. The minimum atomic E-state index is 0.487. The topological polar surface area (TPSA) is 29.3 Å². The zero-order chi connectivity index (χ0) is 10.1. The summed E-state index contributed by atoms with van der Waals surface area (Å²) in [5.74, 6) is 0.487. The highest BCUT2D eigenvalue weighted by molar-refractivity contribution is 9.10. The molecule has 1 unspecified atom stereocenters. The average Bonchev–Trinajstić information content (AvgIpc) is 2.57. The lowest BCUT2D eigenvalue weighted by Gasteiger charge is -2.16. The van der Waals surface area contributed by atoms with Crippen molar-refractivity contribution in [2.24, 2.45) is 5.73 Å².